The summed E-state index contributed by atoms with van der Waals surface area (Å²) in [4.78, 5) is 16.9. The Morgan fingerprint density at radius 1 is 1.30 bits per heavy atom. The Labute approximate surface area is 137 Å². The van der Waals surface area contributed by atoms with Gasteiger partial charge >= 0.3 is 5.97 Å². The molecule has 0 saturated heterocycles. The highest BCUT2D eigenvalue weighted by molar-refractivity contribution is 5.85. The Bertz CT molecular complexity index is 678. The molecule has 1 aromatic carbocycles. The van der Waals surface area contributed by atoms with Crippen LogP contribution in [0.5, 0.6) is 5.75 Å². The number of carbonyl (C=O) groups excluding carboxylic acids is 1. The van der Waals surface area contributed by atoms with Crippen molar-refractivity contribution < 1.29 is 9.53 Å². The number of ether oxygens (including phenoxy) is 1. The van der Waals surface area contributed by atoms with E-state index in [1.165, 1.54) is 10.9 Å². The van der Waals surface area contributed by atoms with Gasteiger partial charge in [-0.3, -0.25) is 9.69 Å². The number of fused-ring (bicyclic) bond motifs is 1. The van der Waals surface area contributed by atoms with Crippen molar-refractivity contribution in [1.82, 2.24) is 9.88 Å². The van der Waals surface area contributed by atoms with E-state index in [1.807, 2.05) is 36.5 Å². The maximum atomic E-state index is 11.4. The largest absolute Gasteiger partial charge is 0.426 e. The van der Waals surface area contributed by atoms with Gasteiger partial charge in [-0.2, -0.15) is 0 Å². The van der Waals surface area contributed by atoms with E-state index in [-0.39, 0.29) is 5.97 Å². The summed E-state index contributed by atoms with van der Waals surface area (Å²) in [6.45, 7) is 12.0. The van der Waals surface area contributed by atoms with E-state index in [0.29, 0.717) is 12.2 Å². The van der Waals surface area contributed by atoms with Gasteiger partial charge < -0.3 is 9.72 Å². The van der Waals surface area contributed by atoms with Crippen LogP contribution in [-0.4, -0.2) is 35.5 Å². The predicted molar refractivity (Wildman–Crippen MR) is 94.8 cm³/mol. The second-order valence-corrected chi connectivity index (χ2v) is 5.44. The number of esters is 1. The first-order valence-corrected chi connectivity index (χ1v) is 7.92. The van der Waals surface area contributed by atoms with Gasteiger partial charge in [0, 0.05) is 49.2 Å². The highest BCUT2D eigenvalue weighted by Crippen LogP contribution is 2.24. The summed E-state index contributed by atoms with van der Waals surface area (Å²) in [5, 5.41) is 1.17. The smallest absolute Gasteiger partial charge is 0.310 e. The van der Waals surface area contributed by atoms with Gasteiger partial charge in [0.2, 0.25) is 0 Å². The van der Waals surface area contributed by atoms with Crippen molar-refractivity contribution in [3.8, 4) is 5.75 Å². The molecule has 0 radical (unpaired) electrons. The summed E-state index contributed by atoms with van der Waals surface area (Å²) in [6, 6.07) is 5.72. The van der Waals surface area contributed by atoms with Crippen LogP contribution in [0.3, 0.4) is 0 Å². The molecule has 0 fully saturated rings. The molecule has 0 bridgehead atoms. The van der Waals surface area contributed by atoms with Crippen LogP contribution in [0.15, 0.2) is 49.7 Å². The fourth-order valence-electron chi connectivity index (χ4n) is 2.54. The van der Waals surface area contributed by atoms with Crippen LogP contribution in [0.2, 0.25) is 0 Å². The van der Waals surface area contributed by atoms with Gasteiger partial charge in [0.1, 0.15) is 5.75 Å². The lowest BCUT2D eigenvalue weighted by Gasteiger charge is -2.18. The number of hydrogen-bond donors (Lipinski definition) is 1. The third-order valence-electron chi connectivity index (χ3n) is 3.73. The molecule has 0 aliphatic carbocycles. The standard InChI is InChI=1S/C19H24N2O2/c1-4-10-21(11-5-2)12-9-15-14-20-18-13-16(7-8-17(15)18)23-19(22)6-3/h4-5,7-8,13-14,20H,1-2,6,9-12H2,3H3. The van der Waals surface area contributed by atoms with Crippen molar-refractivity contribution in [2.45, 2.75) is 19.8 Å². The molecule has 0 atom stereocenters. The minimum atomic E-state index is -0.222. The first kappa shape index (κ1) is 17.0. The summed E-state index contributed by atoms with van der Waals surface area (Å²) in [5.74, 6) is 0.360. The van der Waals surface area contributed by atoms with Gasteiger partial charge in [-0.15, -0.1) is 13.2 Å². The van der Waals surface area contributed by atoms with Crippen LogP contribution in [0.4, 0.5) is 0 Å². The molecule has 122 valence electrons. The SMILES string of the molecule is C=CCN(CC=C)CCc1c[nH]c2cc(OC(=O)CC)ccc12. The monoisotopic (exact) mass is 312 g/mol. The van der Waals surface area contributed by atoms with Crippen LogP contribution >= 0.6 is 0 Å². The summed E-state index contributed by atoms with van der Waals surface area (Å²) in [7, 11) is 0. The van der Waals surface area contributed by atoms with Crippen molar-refractivity contribution in [3.05, 3.63) is 55.3 Å². The van der Waals surface area contributed by atoms with Crippen molar-refractivity contribution in [2.24, 2.45) is 0 Å². The average molecular weight is 312 g/mol. The highest BCUT2D eigenvalue weighted by atomic mass is 16.5. The van der Waals surface area contributed by atoms with Gasteiger partial charge in [0.25, 0.3) is 0 Å². The highest BCUT2D eigenvalue weighted by Gasteiger charge is 2.09. The van der Waals surface area contributed by atoms with E-state index in [1.54, 1.807) is 6.92 Å². The Balaban J connectivity index is 2.08. The zero-order valence-corrected chi connectivity index (χ0v) is 13.7. The third-order valence-corrected chi connectivity index (χ3v) is 3.73. The molecule has 4 heteroatoms. The maximum Gasteiger partial charge on any atom is 0.310 e. The molecule has 0 saturated carbocycles. The predicted octanol–water partition coefficient (Wildman–Crippen LogP) is 3.70. The molecule has 0 aliphatic rings. The quantitative estimate of drug-likeness (QED) is 0.436. The Hall–Kier alpha value is -2.33. The Morgan fingerprint density at radius 3 is 2.70 bits per heavy atom. The van der Waals surface area contributed by atoms with Crippen LogP contribution < -0.4 is 4.74 Å². The van der Waals surface area contributed by atoms with Crippen LogP contribution in [0.1, 0.15) is 18.9 Å². The van der Waals surface area contributed by atoms with E-state index in [2.05, 4.69) is 23.0 Å². The molecule has 0 aliphatic heterocycles. The van der Waals surface area contributed by atoms with E-state index in [4.69, 9.17) is 4.74 Å². The summed E-state index contributed by atoms with van der Waals surface area (Å²) < 4.78 is 5.25. The number of nitrogens with zero attached hydrogens (tertiary/aromatic N) is 1. The number of H-pyrrole nitrogens is 1. The average Bonchev–Trinajstić information content (AvgIpc) is 2.95. The number of aromatic amines is 1. The van der Waals surface area contributed by atoms with Crippen LogP contribution in [0.25, 0.3) is 10.9 Å². The summed E-state index contributed by atoms with van der Waals surface area (Å²) in [6.07, 6.45) is 7.16. The third kappa shape index (κ3) is 4.57. The van der Waals surface area contributed by atoms with E-state index < -0.39 is 0 Å². The molecular weight excluding hydrogens is 288 g/mol. The molecular formula is C19H24N2O2. The normalized spacial score (nSPS) is 10.9. The number of aromatic nitrogens is 1. The van der Waals surface area contributed by atoms with E-state index in [0.717, 1.165) is 31.6 Å². The number of hydrogen-bond acceptors (Lipinski definition) is 3. The molecule has 0 spiro atoms. The van der Waals surface area contributed by atoms with Gasteiger partial charge in [-0.05, 0) is 24.1 Å². The van der Waals surface area contributed by atoms with Gasteiger partial charge in [0.05, 0.1) is 0 Å². The van der Waals surface area contributed by atoms with E-state index >= 15 is 0 Å². The second kappa shape index (κ2) is 8.34. The lowest BCUT2D eigenvalue weighted by atomic mass is 10.1. The molecule has 23 heavy (non-hydrogen) atoms. The Kier molecular flexibility index (Phi) is 6.18. The fraction of sp³-hybridized carbons (Fsp3) is 0.316. The summed E-state index contributed by atoms with van der Waals surface area (Å²) in [5.41, 5.74) is 2.24. The zero-order chi connectivity index (χ0) is 16.7. The van der Waals surface area contributed by atoms with Gasteiger partial charge in [-0.1, -0.05) is 19.1 Å². The minimum absolute atomic E-state index is 0.222. The topological polar surface area (TPSA) is 45.3 Å². The molecule has 1 heterocycles. The van der Waals surface area contributed by atoms with Gasteiger partial charge in [-0.25, -0.2) is 0 Å². The lowest BCUT2D eigenvalue weighted by Crippen LogP contribution is -2.26. The number of nitrogens with one attached hydrogen (secondary N) is 1. The molecule has 1 N–H and O–H groups in total. The molecule has 0 unspecified atom stereocenters. The van der Waals surface area contributed by atoms with Crippen LogP contribution in [-0.2, 0) is 11.2 Å². The minimum Gasteiger partial charge on any atom is -0.426 e. The molecule has 2 aromatic rings. The van der Waals surface area contributed by atoms with Crippen LogP contribution in [0, 0.1) is 0 Å². The second-order valence-electron chi connectivity index (χ2n) is 5.44. The van der Waals surface area contributed by atoms with Crippen molar-refractivity contribution >= 4 is 16.9 Å². The fourth-order valence-corrected chi connectivity index (χ4v) is 2.54. The van der Waals surface area contributed by atoms with Gasteiger partial charge in [0.15, 0.2) is 0 Å². The first-order chi connectivity index (χ1) is 11.2. The summed E-state index contributed by atoms with van der Waals surface area (Å²) >= 11 is 0. The molecule has 1 aromatic heterocycles. The Morgan fingerprint density at radius 2 is 2.04 bits per heavy atom. The number of benzene rings is 1. The van der Waals surface area contributed by atoms with Crippen molar-refractivity contribution in [2.75, 3.05) is 19.6 Å². The molecule has 0 amide bonds. The lowest BCUT2D eigenvalue weighted by molar-refractivity contribution is -0.134. The number of rotatable bonds is 9. The van der Waals surface area contributed by atoms with Crippen molar-refractivity contribution in [1.29, 1.82) is 0 Å². The molecule has 2 rings (SSSR count). The van der Waals surface area contributed by atoms with Crippen molar-refractivity contribution in [3.63, 3.8) is 0 Å². The molecule has 4 nitrogen and oxygen atoms in total. The van der Waals surface area contributed by atoms with E-state index in [9.17, 15) is 4.79 Å². The first-order valence-electron chi connectivity index (χ1n) is 7.92. The maximum absolute atomic E-state index is 11.4. The zero-order valence-electron chi connectivity index (χ0n) is 13.7. The number of carbonyl (C=O) groups is 1.